The first kappa shape index (κ1) is 29.9. The number of hydrogen-bond donors (Lipinski definition) is 0. The van der Waals surface area contributed by atoms with Crippen molar-refractivity contribution in [1.82, 2.24) is 9.97 Å². The van der Waals surface area contributed by atoms with Gasteiger partial charge in [0.2, 0.25) is 0 Å². The third-order valence-corrected chi connectivity index (χ3v) is 5.88. The molecule has 0 N–H and O–H groups in total. The minimum absolute atomic E-state index is 0.205. The maximum Gasteiger partial charge on any atom is 0.340 e. The molecule has 0 aromatic carbocycles. The molecule has 2 rings (SSSR count). The number of hydrogen-bond acceptors (Lipinski definition) is 8. The molecular weight excluding hydrogens is 472 g/mol. The highest BCUT2D eigenvalue weighted by atomic mass is 16.6. The molecule has 0 aliphatic carbocycles. The van der Waals surface area contributed by atoms with Crippen LogP contribution in [0.2, 0.25) is 0 Å². The van der Waals surface area contributed by atoms with Crippen molar-refractivity contribution in [1.29, 1.82) is 0 Å². The summed E-state index contributed by atoms with van der Waals surface area (Å²) in [6.07, 6.45) is 18.4. The number of nitrogens with zero attached hydrogens (tertiary/aromatic N) is 2. The van der Waals surface area contributed by atoms with E-state index in [0.717, 1.165) is 19.3 Å². The van der Waals surface area contributed by atoms with Gasteiger partial charge in [0.05, 0.1) is 11.1 Å². The van der Waals surface area contributed by atoms with Crippen LogP contribution < -0.4 is 0 Å². The predicted octanol–water partition coefficient (Wildman–Crippen LogP) is 6.10. The van der Waals surface area contributed by atoms with Crippen molar-refractivity contribution in [2.75, 3.05) is 13.2 Å². The summed E-state index contributed by atoms with van der Waals surface area (Å²) in [7, 11) is 0. The molecule has 0 saturated carbocycles. The number of carbonyl (C=O) groups is 3. The minimum Gasteiger partial charge on any atom is -0.462 e. The van der Waals surface area contributed by atoms with Crippen LogP contribution in [0, 0.1) is 0 Å². The van der Waals surface area contributed by atoms with Crippen LogP contribution in [-0.4, -0.2) is 47.2 Å². The summed E-state index contributed by atoms with van der Waals surface area (Å²) < 4.78 is 16.0. The fraction of sp³-hybridized carbons (Fsp3) is 0.552. The van der Waals surface area contributed by atoms with Crippen molar-refractivity contribution in [3.63, 3.8) is 0 Å². The molecule has 1 unspecified atom stereocenters. The van der Waals surface area contributed by atoms with Crippen molar-refractivity contribution in [3.05, 3.63) is 60.2 Å². The summed E-state index contributed by atoms with van der Waals surface area (Å²) >= 11 is 0. The van der Waals surface area contributed by atoms with Gasteiger partial charge in [0, 0.05) is 31.2 Å². The lowest BCUT2D eigenvalue weighted by Gasteiger charge is -2.18. The van der Waals surface area contributed by atoms with Gasteiger partial charge in [-0.1, -0.05) is 71.1 Å². The molecule has 202 valence electrons. The quantitative estimate of drug-likeness (QED) is 0.126. The molecule has 2 aromatic rings. The fourth-order valence-electron chi connectivity index (χ4n) is 3.75. The third-order valence-electron chi connectivity index (χ3n) is 5.88. The molecule has 1 atom stereocenters. The summed E-state index contributed by atoms with van der Waals surface area (Å²) in [5.74, 6) is -1.61. The van der Waals surface area contributed by atoms with Crippen LogP contribution in [0.25, 0.3) is 0 Å². The average Bonchev–Trinajstić information content (AvgIpc) is 2.93. The van der Waals surface area contributed by atoms with E-state index < -0.39 is 18.0 Å². The molecule has 0 aliphatic heterocycles. The third kappa shape index (κ3) is 13.6. The number of pyridine rings is 2. The zero-order valence-corrected chi connectivity index (χ0v) is 21.9. The van der Waals surface area contributed by atoms with Gasteiger partial charge >= 0.3 is 17.9 Å². The Hall–Kier alpha value is -3.29. The molecule has 37 heavy (non-hydrogen) atoms. The second-order valence-corrected chi connectivity index (χ2v) is 9.08. The standard InChI is InChI=1S/C29H40N2O6/c1-2-3-4-5-6-7-8-9-10-11-12-17-27(32)35-22-26(37-29(34)25-16-14-19-31-21-25)23-36-28(33)24-15-13-18-30-20-24/h13-16,18-21,26H,2-12,17,22-23H2,1H3. The zero-order chi connectivity index (χ0) is 26.6. The van der Waals surface area contributed by atoms with Crippen LogP contribution >= 0.6 is 0 Å². The lowest BCUT2D eigenvalue weighted by atomic mass is 10.1. The normalized spacial score (nSPS) is 11.5. The number of carbonyl (C=O) groups excluding carboxylic acids is 3. The summed E-state index contributed by atoms with van der Waals surface area (Å²) in [6, 6.07) is 6.36. The van der Waals surface area contributed by atoms with Gasteiger partial charge in [0.15, 0.2) is 6.10 Å². The molecule has 0 radical (unpaired) electrons. The van der Waals surface area contributed by atoms with E-state index in [2.05, 4.69) is 16.9 Å². The van der Waals surface area contributed by atoms with E-state index in [1.165, 1.54) is 63.8 Å². The van der Waals surface area contributed by atoms with E-state index in [9.17, 15) is 14.4 Å². The monoisotopic (exact) mass is 512 g/mol. The first-order valence-corrected chi connectivity index (χ1v) is 13.4. The Morgan fingerprint density at radius 2 is 1.22 bits per heavy atom. The van der Waals surface area contributed by atoms with E-state index in [4.69, 9.17) is 14.2 Å². The van der Waals surface area contributed by atoms with Crippen molar-refractivity contribution in [2.24, 2.45) is 0 Å². The zero-order valence-electron chi connectivity index (χ0n) is 21.9. The smallest absolute Gasteiger partial charge is 0.340 e. The van der Waals surface area contributed by atoms with Gasteiger partial charge in [-0.15, -0.1) is 0 Å². The SMILES string of the molecule is CCCCCCCCCCCCCC(=O)OCC(COC(=O)c1cccnc1)OC(=O)c1cccnc1. The largest absolute Gasteiger partial charge is 0.462 e. The Balaban J connectivity index is 1.69. The molecule has 0 spiro atoms. The molecule has 8 heteroatoms. The van der Waals surface area contributed by atoms with Gasteiger partial charge in [0.25, 0.3) is 0 Å². The van der Waals surface area contributed by atoms with Crippen LogP contribution in [0.5, 0.6) is 0 Å². The van der Waals surface area contributed by atoms with Gasteiger partial charge in [-0.05, 0) is 30.7 Å². The van der Waals surface area contributed by atoms with Gasteiger partial charge in [-0.3, -0.25) is 14.8 Å². The van der Waals surface area contributed by atoms with E-state index in [1.54, 1.807) is 36.7 Å². The number of unbranched alkanes of at least 4 members (excludes halogenated alkanes) is 10. The summed E-state index contributed by atoms with van der Waals surface area (Å²) in [5.41, 5.74) is 0.520. The molecule has 0 aliphatic rings. The van der Waals surface area contributed by atoms with E-state index in [-0.39, 0.29) is 30.3 Å². The Bertz CT molecular complexity index is 907. The van der Waals surface area contributed by atoms with Gasteiger partial charge in [-0.25, -0.2) is 9.59 Å². The number of ether oxygens (including phenoxy) is 3. The summed E-state index contributed by atoms with van der Waals surface area (Å²) in [6.45, 7) is 1.77. The van der Waals surface area contributed by atoms with Gasteiger partial charge in [0.1, 0.15) is 13.2 Å². The van der Waals surface area contributed by atoms with Crippen LogP contribution in [0.4, 0.5) is 0 Å². The Morgan fingerprint density at radius 1 is 0.703 bits per heavy atom. The van der Waals surface area contributed by atoms with Crippen molar-refractivity contribution in [3.8, 4) is 0 Å². The van der Waals surface area contributed by atoms with Crippen LogP contribution in [0.1, 0.15) is 105 Å². The molecule has 0 amide bonds. The Kier molecular flexibility index (Phi) is 15.3. The number of rotatable bonds is 19. The lowest BCUT2D eigenvalue weighted by Crippen LogP contribution is -2.31. The maximum absolute atomic E-state index is 12.4. The lowest BCUT2D eigenvalue weighted by molar-refractivity contribution is -0.147. The average molecular weight is 513 g/mol. The Morgan fingerprint density at radius 3 is 1.76 bits per heavy atom. The molecule has 0 fully saturated rings. The molecule has 2 aromatic heterocycles. The predicted molar refractivity (Wildman–Crippen MR) is 140 cm³/mol. The second kappa shape index (κ2) is 18.9. The number of aromatic nitrogens is 2. The topological polar surface area (TPSA) is 105 Å². The van der Waals surface area contributed by atoms with E-state index in [0.29, 0.717) is 6.42 Å². The van der Waals surface area contributed by atoms with Crippen molar-refractivity contribution < 1.29 is 28.6 Å². The highest BCUT2D eigenvalue weighted by molar-refractivity contribution is 5.89. The first-order valence-electron chi connectivity index (χ1n) is 13.4. The molecular formula is C29H40N2O6. The van der Waals surface area contributed by atoms with Crippen molar-refractivity contribution in [2.45, 2.75) is 90.1 Å². The van der Waals surface area contributed by atoms with E-state index >= 15 is 0 Å². The van der Waals surface area contributed by atoms with Gasteiger partial charge < -0.3 is 14.2 Å². The fourth-order valence-corrected chi connectivity index (χ4v) is 3.75. The minimum atomic E-state index is -0.949. The number of esters is 3. The highest BCUT2D eigenvalue weighted by Crippen LogP contribution is 2.13. The molecule has 0 saturated heterocycles. The molecule has 0 bridgehead atoms. The highest BCUT2D eigenvalue weighted by Gasteiger charge is 2.21. The summed E-state index contributed by atoms with van der Waals surface area (Å²) in [5, 5.41) is 0. The van der Waals surface area contributed by atoms with Gasteiger partial charge in [-0.2, -0.15) is 0 Å². The van der Waals surface area contributed by atoms with Crippen LogP contribution in [0.15, 0.2) is 49.1 Å². The van der Waals surface area contributed by atoms with Crippen molar-refractivity contribution >= 4 is 17.9 Å². The Labute approximate surface area is 220 Å². The molecule has 8 nitrogen and oxygen atoms in total. The molecule has 2 heterocycles. The first-order chi connectivity index (χ1) is 18.1. The maximum atomic E-state index is 12.4. The van der Waals surface area contributed by atoms with E-state index in [1.807, 2.05) is 0 Å². The van der Waals surface area contributed by atoms with Crippen LogP contribution in [-0.2, 0) is 19.0 Å². The second-order valence-electron chi connectivity index (χ2n) is 9.08. The summed E-state index contributed by atoms with van der Waals surface area (Å²) in [4.78, 5) is 44.7. The van der Waals surface area contributed by atoms with Crippen LogP contribution in [0.3, 0.4) is 0 Å².